The molecular weight excluding hydrogens is 232 g/mol. The lowest BCUT2D eigenvalue weighted by Gasteiger charge is -2.30. The molecule has 5 heteroatoms. The zero-order valence-corrected chi connectivity index (χ0v) is 12.1. The van der Waals surface area contributed by atoms with Crippen LogP contribution in [-0.2, 0) is 7.05 Å². The predicted molar refractivity (Wildman–Crippen MR) is 76.6 cm³/mol. The molecule has 1 aromatic heterocycles. The van der Waals surface area contributed by atoms with Gasteiger partial charge in [0.05, 0.1) is 11.3 Å². The van der Waals surface area contributed by atoms with Crippen LogP contribution in [0.5, 0.6) is 0 Å². The minimum atomic E-state index is 0.423. The zero-order valence-electron chi connectivity index (χ0n) is 11.3. The summed E-state index contributed by atoms with van der Waals surface area (Å²) in [6.07, 6.45) is 1.08. The van der Waals surface area contributed by atoms with Crippen LogP contribution in [0.15, 0.2) is 0 Å². The number of rotatable bonds is 5. The van der Waals surface area contributed by atoms with Crippen molar-refractivity contribution >= 4 is 23.0 Å². The van der Waals surface area contributed by atoms with E-state index < -0.39 is 0 Å². The van der Waals surface area contributed by atoms with Crippen LogP contribution in [0.25, 0.3) is 0 Å². The molecule has 4 nitrogen and oxygen atoms in total. The summed E-state index contributed by atoms with van der Waals surface area (Å²) in [6, 6.07) is 0.447. The Balaban J connectivity index is 3.32. The molecular formula is C12H22N4S. The van der Waals surface area contributed by atoms with Crippen molar-refractivity contribution in [2.24, 2.45) is 12.8 Å². The second kappa shape index (κ2) is 5.49. The van der Waals surface area contributed by atoms with Crippen LogP contribution in [0.2, 0.25) is 0 Å². The average molecular weight is 254 g/mol. The number of anilines is 1. The summed E-state index contributed by atoms with van der Waals surface area (Å²) in [6.45, 7) is 9.38. The third-order valence-corrected chi connectivity index (χ3v) is 3.38. The van der Waals surface area contributed by atoms with E-state index in [2.05, 4.69) is 30.8 Å². The highest BCUT2D eigenvalue weighted by atomic mass is 32.1. The van der Waals surface area contributed by atoms with Gasteiger partial charge in [0, 0.05) is 19.6 Å². The van der Waals surface area contributed by atoms with Crippen molar-refractivity contribution in [3.05, 3.63) is 11.3 Å². The first-order chi connectivity index (χ1) is 7.93. The van der Waals surface area contributed by atoms with Gasteiger partial charge < -0.3 is 10.6 Å². The third kappa shape index (κ3) is 2.60. The van der Waals surface area contributed by atoms with Crippen molar-refractivity contribution in [1.29, 1.82) is 0 Å². The van der Waals surface area contributed by atoms with Gasteiger partial charge in [0.15, 0.2) is 0 Å². The van der Waals surface area contributed by atoms with Crippen LogP contribution in [0.4, 0.5) is 5.82 Å². The smallest absolute Gasteiger partial charge is 0.137 e. The minimum absolute atomic E-state index is 0.423. The Morgan fingerprint density at radius 3 is 2.53 bits per heavy atom. The third-order valence-electron chi connectivity index (χ3n) is 3.17. The Morgan fingerprint density at radius 1 is 1.53 bits per heavy atom. The van der Waals surface area contributed by atoms with Crippen molar-refractivity contribution < 1.29 is 0 Å². The molecule has 0 fully saturated rings. The van der Waals surface area contributed by atoms with Crippen molar-refractivity contribution in [3.63, 3.8) is 0 Å². The number of hydrogen-bond donors (Lipinski definition) is 1. The molecule has 17 heavy (non-hydrogen) atoms. The summed E-state index contributed by atoms with van der Waals surface area (Å²) in [5, 5.41) is 4.43. The van der Waals surface area contributed by atoms with Crippen LogP contribution < -0.4 is 10.6 Å². The number of nitrogens with two attached hydrogens (primary N) is 1. The first-order valence-electron chi connectivity index (χ1n) is 6.04. The topological polar surface area (TPSA) is 47.1 Å². The molecule has 1 unspecified atom stereocenters. The maximum atomic E-state index is 5.81. The number of aromatic nitrogens is 2. The van der Waals surface area contributed by atoms with Crippen molar-refractivity contribution in [1.82, 2.24) is 9.78 Å². The number of nitrogens with zero attached hydrogens (tertiary/aromatic N) is 3. The second-order valence-corrected chi connectivity index (χ2v) is 4.75. The van der Waals surface area contributed by atoms with Gasteiger partial charge in [-0.25, -0.2) is 0 Å². The SMILES string of the molecule is CCC(C)N(CC)c1c(C(N)=S)c(C)nn1C. The Labute approximate surface area is 109 Å². The summed E-state index contributed by atoms with van der Waals surface area (Å²) >= 11 is 5.14. The molecule has 1 rings (SSSR count). The summed E-state index contributed by atoms with van der Waals surface area (Å²) in [7, 11) is 1.94. The number of thiocarbonyl (C=S) groups is 1. The van der Waals surface area contributed by atoms with Crippen LogP contribution >= 0.6 is 12.2 Å². The molecule has 0 aliphatic carbocycles. The van der Waals surface area contributed by atoms with Crippen LogP contribution in [0, 0.1) is 6.92 Å². The fourth-order valence-corrected chi connectivity index (χ4v) is 2.39. The number of hydrogen-bond acceptors (Lipinski definition) is 3. The van der Waals surface area contributed by atoms with E-state index in [1.54, 1.807) is 0 Å². The highest BCUT2D eigenvalue weighted by molar-refractivity contribution is 7.80. The standard InChI is InChI=1S/C12H22N4S/c1-6-8(3)16(7-2)12-10(11(13)17)9(4)14-15(12)5/h8H,6-7H2,1-5H3,(H2,13,17). The second-order valence-electron chi connectivity index (χ2n) is 4.32. The molecule has 0 aromatic carbocycles. The lowest BCUT2D eigenvalue weighted by molar-refractivity contribution is 0.600. The molecule has 1 heterocycles. The lowest BCUT2D eigenvalue weighted by atomic mass is 10.1. The molecule has 0 bridgehead atoms. The number of aryl methyl sites for hydroxylation is 2. The minimum Gasteiger partial charge on any atom is -0.389 e. The summed E-state index contributed by atoms with van der Waals surface area (Å²) in [4.78, 5) is 2.72. The molecule has 0 saturated heterocycles. The van der Waals surface area contributed by atoms with E-state index in [0.29, 0.717) is 11.0 Å². The lowest BCUT2D eigenvalue weighted by Crippen LogP contribution is -2.35. The van der Waals surface area contributed by atoms with Crippen molar-refractivity contribution in [2.75, 3.05) is 11.4 Å². The van der Waals surface area contributed by atoms with Gasteiger partial charge >= 0.3 is 0 Å². The van der Waals surface area contributed by atoms with E-state index in [1.165, 1.54) is 0 Å². The molecule has 1 atom stereocenters. The Morgan fingerprint density at radius 2 is 2.12 bits per heavy atom. The van der Waals surface area contributed by atoms with Crippen LogP contribution in [0.1, 0.15) is 38.4 Å². The molecule has 0 amide bonds. The molecule has 0 aliphatic rings. The fourth-order valence-electron chi connectivity index (χ4n) is 2.15. The Kier molecular flexibility index (Phi) is 4.51. The van der Waals surface area contributed by atoms with E-state index in [4.69, 9.17) is 18.0 Å². The van der Waals surface area contributed by atoms with Crippen molar-refractivity contribution in [2.45, 2.75) is 40.2 Å². The first kappa shape index (κ1) is 14.0. The van der Waals surface area contributed by atoms with Crippen LogP contribution in [0.3, 0.4) is 0 Å². The van der Waals surface area contributed by atoms with Gasteiger partial charge in [-0.15, -0.1) is 0 Å². The molecule has 0 spiro atoms. The molecule has 0 aliphatic heterocycles. The van der Waals surface area contributed by atoms with Gasteiger partial charge in [0.2, 0.25) is 0 Å². The van der Waals surface area contributed by atoms with Gasteiger partial charge in [0.1, 0.15) is 10.8 Å². The van der Waals surface area contributed by atoms with E-state index in [-0.39, 0.29) is 0 Å². The van der Waals surface area contributed by atoms with E-state index in [0.717, 1.165) is 30.0 Å². The summed E-state index contributed by atoms with van der Waals surface area (Å²) in [5.74, 6) is 1.03. The quantitative estimate of drug-likeness (QED) is 0.816. The first-order valence-corrected chi connectivity index (χ1v) is 6.44. The Bertz CT molecular complexity index is 411. The normalized spacial score (nSPS) is 12.5. The summed E-state index contributed by atoms with van der Waals surface area (Å²) < 4.78 is 1.87. The van der Waals surface area contributed by atoms with Gasteiger partial charge in [-0.3, -0.25) is 4.68 Å². The van der Waals surface area contributed by atoms with Gasteiger partial charge in [-0.1, -0.05) is 19.1 Å². The zero-order chi connectivity index (χ0) is 13.2. The van der Waals surface area contributed by atoms with E-state index >= 15 is 0 Å². The molecule has 2 N–H and O–H groups in total. The molecule has 96 valence electrons. The van der Waals surface area contributed by atoms with Crippen molar-refractivity contribution in [3.8, 4) is 0 Å². The largest absolute Gasteiger partial charge is 0.389 e. The monoisotopic (exact) mass is 254 g/mol. The highest BCUT2D eigenvalue weighted by Gasteiger charge is 2.22. The highest BCUT2D eigenvalue weighted by Crippen LogP contribution is 2.25. The fraction of sp³-hybridized carbons (Fsp3) is 0.667. The predicted octanol–water partition coefficient (Wildman–Crippen LogP) is 1.99. The molecule has 0 saturated carbocycles. The van der Waals surface area contributed by atoms with Gasteiger partial charge in [0.25, 0.3) is 0 Å². The van der Waals surface area contributed by atoms with Gasteiger partial charge in [-0.2, -0.15) is 5.10 Å². The maximum absolute atomic E-state index is 5.81. The molecule has 0 radical (unpaired) electrons. The van der Waals surface area contributed by atoms with Gasteiger partial charge in [-0.05, 0) is 27.2 Å². The van der Waals surface area contributed by atoms with E-state index in [1.807, 2.05) is 18.7 Å². The Hall–Kier alpha value is -1.10. The van der Waals surface area contributed by atoms with E-state index in [9.17, 15) is 0 Å². The molecule has 1 aromatic rings. The van der Waals surface area contributed by atoms with Crippen LogP contribution in [-0.4, -0.2) is 27.4 Å². The maximum Gasteiger partial charge on any atom is 0.137 e. The summed E-state index contributed by atoms with van der Waals surface area (Å²) in [5.41, 5.74) is 7.62. The average Bonchev–Trinajstić information content (AvgIpc) is 2.55.